The quantitative estimate of drug-likeness (QED) is 0.701. The number of rotatable bonds is 9. The molecular weight excluding hydrogens is 250 g/mol. The molecule has 110 valence electrons. The van der Waals surface area contributed by atoms with Crippen molar-refractivity contribution in [3.8, 4) is 0 Å². The average Bonchev–Trinajstić information content (AvgIpc) is 2.32. The van der Waals surface area contributed by atoms with Crippen LogP contribution < -0.4 is 5.32 Å². The lowest BCUT2D eigenvalue weighted by atomic mass is 10.0. The lowest BCUT2D eigenvalue weighted by Gasteiger charge is -2.34. The predicted molar refractivity (Wildman–Crippen MR) is 76.7 cm³/mol. The van der Waals surface area contributed by atoms with Gasteiger partial charge in [-0.25, -0.2) is 8.42 Å². The Hall–Kier alpha value is -0.130. The second-order valence-electron chi connectivity index (χ2n) is 5.36. The van der Waals surface area contributed by atoms with Crippen molar-refractivity contribution in [3.05, 3.63) is 0 Å². The summed E-state index contributed by atoms with van der Waals surface area (Å²) in [7, 11) is -1.45. The van der Waals surface area contributed by atoms with Gasteiger partial charge in [0, 0.05) is 13.2 Å². The van der Waals surface area contributed by atoms with Crippen molar-refractivity contribution >= 4 is 9.84 Å². The molecule has 0 aromatic heterocycles. The SMILES string of the molecule is CCCNC(CS(=O)(=O)C(C)CC)C(C)(C)OC. The first-order chi connectivity index (χ1) is 8.21. The molecule has 2 unspecified atom stereocenters. The maximum atomic E-state index is 12.2. The zero-order valence-electron chi connectivity index (χ0n) is 12.6. The highest BCUT2D eigenvalue weighted by molar-refractivity contribution is 7.92. The monoisotopic (exact) mass is 279 g/mol. The van der Waals surface area contributed by atoms with E-state index in [0.717, 1.165) is 13.0 Å². The number of sulfone groups is 1. The van der Waals surface area contributed by atoms with Gasteiger partial charge in [0.25, 0.3) is 0 Å². The molecule has 4 nitrogen and oxygen atoms in total. The Morgan fingerprint density at radius 3 is 2.22 bits per heavy atom. The van der Waals surface area contributed by atoms with Crippen molar-refractivity contribution in [2.24, 2.45) is 0 Å². The summed E-state index contributed by atoms with van der Waals surface area (Å²) in [4.78, 5) is 0. The summed E-state index contributed by atoms with van der Waals surface area (Å²) in [5.41, 5.74) is -0.490. The summed E-state index contributed by atoms with van der Waals surface area (Å²) >= 11 is 0. The molecule has 0 aromatic rings. The third kappa shape index (κ3) is 5.24. The summed E-state index contributed by atoms with van der Waals surface area (Å²) in [6, 6.07) is -0.179. The molecule has 0 radical (unpaired) electrons. The van der Waals surface area contributed by atoms with E-state index in [-0.39, 0.29) is 17.0 Å². The molecule has 0 spiro atoms. The van der Waals surface area contributed by atoms with Gasteiger partial charge in [0.15, 0.2) is 9.84 Å². The van der Waals surface area contributed by atoms with Gasteiger partial charge in [-0.05, 0) is 40.2 Å². The molecule has 0 bridgehead atoms. The molecule has 0 rings (SSSR count). The maximum absolute atomic E-state index is 12.2. The number of nitrogens with one attached hydrogen (secondary N) is 1. The van der Waals surface area contributed by atoms with Crippen LogP contribution in [-0.2, 0) is 14.6 Å². The number of ether oxygens (including phenoxy) is 1. The van der Waals surface area contributed by atoms with Crippen LogP contribution in [0.3, 0.4) is 0 Å². The first-order valence-electron chi connectivity index (χ1n) is 6.71. The second-order valence-corrected chi connectivity index (χ2v) is 7.83. The van der Waals surface area contributed by atoms with Crippen LogP contribution in [0.4, 0.5) is 0 Å². The number of hydrogen-bond acceptors (Lipinski definition) is 4. The number of methoxy groups -OCH3 is 1. The Morgan fingerprint density at radius 2 is 1.83 bits per heavy atom. The minimum absolute atomic E-state index is 0.128. The van der Waals surface area contributed by atoms with E-state index in [2.05, 4.69) is 12.2 Å². The molecule has 0 aromatic carbocycles. The van der Waals surface area contributed by atoms with Crippen LogP contribution in [0, 0.1) is 0 Å². The third-order valence-corrected chi connectivity index (χ3v) is 5.95. The van der Waals surface area contributed by atoms with Crippen LogP contribution >= 0.6 is 0 Å². The highest BCUT2D eigenvalue weighted by atomic mass is 32.2. The fourth-order valence-corrected chi connectivity index (χ4v) is 3.44. The van der Waals surface area contributed by atoms with Gasteiger partial charge < -0.3 is 10.1 Å². The normalized spacial score (nSPS) is 16.6. The zero-order valence-corrected chi connectivity index (χ0v) is 13.4. The zero-order chi connectivity index (χ0) is 14.4. The van der Waals surface area contributed by atoms with E-state index in [1.807, 2.05) is 20.8 Å². The van der Waals surface area contributed by atoms with Crippen molar-refractivity contribution in [3.63, 3.8) is 0 Å². The van der Waals surface area contributed by atoms with Crippen LogP contribution in [0.2, 0.25) is 0 Å². The highest BCUT2D eigenvalue weighted by Gasteiger charge is 2.34. The van der Waals surface area contributed by atoms with Gasteiger partial charge in [-0.3, -0.25) is 0 Å². The summed E-state index contributed by atoms with van der Waals surface area (Å²) in [5, 5.41) is 3.00. The number of hydrogen-bond donors (Lipinski definition) is 1. The molecule has 0 aliphatic rings. The van der Waals surface area contributed by atoms with Gasteiger partial charge in [0.1, 0.15) is 0 Å². The van der Waals surface area contributed by atoms with Gasteiger partial charge >= 0.3 is 0 Å². The first-order valence-corrected chi connectivity index (χ1v) is 8.42. The standard InChI is InChI=1S/C13H29NO3S/c1-7-9-14-12(13(4,5)17-6)10-18(15,16)11(3)8-2/h11-12,14H,7-10H2,1-6H3. The Labute approximate surface area is 112 Å². The minimum Gasteiger partial charge on any atom is -0.377 e. The van der Waals surface area contributed by atoms with Gasteiger partial charge in [-0.2, -0.15) is 0 Å². The smallest absolute Gasteiger partial charge is 0.154 e. The third-order valence-electron chi connectivity index (χ3n) is 3.59. The van der Waals surface area contributed by atoms with E-state index in [0.29, 0.717) is 6.42 Å². The van der Waals surface area contributed by atoms with Gasteiger partial charge in [-0.1, -0.05) is 13.8 Å². The van der Waals surface area contributed by atoms with Crippen LogP contribution in [0.1, 0.15) is 47.5 Å². The molecular formula is C13H29NO3S. The van der Waals surface area contributed by atoms with E-state index in [4.69, 9.17) is 4.74 Å². The molecule has 0 aliphatic carbocycles. The van der Waals surface area contributed by atoms with Crippen molar-refractivity contribution in [1.82, 2.24) is 5.32 Å². The van der Waals surface area contributed by atoms with Gasteiger partial charge in [0.05, 0.1) is 16.6 Å². The Kier molecular flexibility index (Phi) is 7.40. The molecule has 0 amide bonds. The van der Waals surface area contributed by atoms with Crippen LogP contribution in [0.5, 0.6) is 0 Å². The van der Waals surface area contributed by atoms with E-state index >= 15 is 0 Å². The summed E-state index contributed by atoms with van der Waals surface area (Å²) in [6.45, 7) is 10.4. The predicted octanol–water partition coefficient (Wildman–Crippen LogP) is 1.99. The Balaban J connectivity index is 4.90. The largest absolute Gasteiger partial charge is 0.377 e. The topological polar surface area (TPSA) is 55.4 Å². The fourth-order valence-electron chi connectivity index (χ4n) is 1.62. The van der Waals surface area contributed by atoms with E-state index < -0.39 is 15.4 Å². The molecule has 18 heavy (non-hydrogen) atoms. The van der Waals surface area contributed by atoms with Crippen LogP contribution in [0.15, 0.2) is 0 Å². The molecule has 2 atom stereocenters. The fraction of sp³-hybridized carbons (Fsp3) is 1.00. The van der Waals surface area contributed by atoms with E-state index in [1.54, 1.807) is 14.0 Å². The summed E-state index contributed by atoms with van der Waals surface area (Å²) in [5.74, 6) is 0.128. The van der Waals surface area contributed by atoms with Gasteiger partial charge in [-0.15, -0.1) is 0 Å². The summed E-state index contributed by atoms with van der Waals surface area (Å²) in [6.07, 6.45) is 1.62. The van der Waals surface area contributed by atoms with Crippen molar-refractivity contribution in [2.45, 2.75) is 64.4 Å². The molecule has 0 fully saturated rings. The molecule has 0 aliphatic heterocycles. The molecule has 0 saturated heterocycles. The van der Waals surface area contributed by atoms with E-state index in [9.17, 15) is 8.42 Å². The van der Waals surface area contributed by atoms with Crippen molar-refractivity contribution < 1.29 is 13.2 Å². The molecule has 1 N–H and O–H groups in total. The lowest BCUT2D eigenvalue weighted by Crippen LogP contribution is -2.53. The highest BCUT2D eigenvalue weighted by Crippen LogP contribution is 2.18. The summed E-state index contributed by atoms with van der Waals surface area (Å²) < 4.78 is 29.8. The Morgan fingerprint density at radius 1 is 1.28 bits per heavy atom. The van der Waals surface area contributed by atoms with E-state index in [1.165, 1.54) is 0 Å². The first kappa shape index (κ1) is 17.9. The van der Waals surface area contributed by atoms with Crippen molar-refractivity contribution in [2.75, 3.05) is 19.4 Å². The molecule has 0 saturated carbocycles. The minimum atomic E-state index is -3.08. The van der Waals surface area contributed by atoms with Crippen LogP contribution in [-0.4, -0.2) is 44.7 Å². The Bertz CT molecular complexity index is 325. The van der Waals surface area contributed by atoms with Crippen molar-refractivity contribution in [1.29, 1.82) is 0 Å². The maximum Gasteiger partial charge on any atom is 0.154 e. The van der Waals surface area contributed by atoms with Crippen LogP contribution in [0.25, 0.3) is 0 Å². The lowest BCUT2D eigenvalue weighted by molar-refractivity contribution is -0.00395. The second kappa shape index (κ2) is 7.46. The van der Waals surface area contributed by atoms with Gasteiger partial charge in [0.2, 0.25) is 0 Å². The molecule has 0 heterocycles. The average molecular weight is 279 g/mol. The molecule has 5 heteroatoms.